The topological polar surface area (TPSA) is 127 Å². The first-order valence-corrected chi connectivity index (χ1v) is 6.21. The van der Waals surface area contributed by atoms with E-state index in [-0.39, 0.29) is 31.7 Å². The maximum Gasteiger partial charge on any atom is 0.323 e. The molecule has 0 aromatic heterocycles. The molecule has 0 aliphatic carbocycles. The number of esters is 1. The van der Waals surface area contributed by atoms with Gasteiger partial charge in [-0.3, -0.25) is 14.4 Å². The van der Waals surface area contributed by atoms with Crippen molar-refractivity contribution in [2.45, 2.75) is 31.4 Å². The Bertz CT molecular complexity index is 369. The summed E-state index contributed by atoms with van der Waals surface area (Å²) in [6, 6.07) is -1.06. The maximum atomic E-state index is 11.7. The fraction of sp³-hybridized carbons (Fsp3) is 0.750. The van der Waals surface area contributed by atoms with E-state index in [1.807, 2.05) is 21.1 Å². The fourth-order valence-electron chi connectivity index (χ4n) is 1.60. The van der Waals surface area contributed by atoms with Crippen molar-refractivity contribution in [2.24, 2.45) is 5.73 Å². The third kappa shape index (κ3) is 12.1. The highest BCUT2D eigenvalue weighted by molar-refractivity contribution is 5.85. The van der Waals surface area contributed by atoms with E-state index in [1.54, 1.807) is 0 Å². The van der Waals surface area contributed by atoms with E-state index in [9.17, 15) is 14.4 Å². The first-order valence-electron chi connectivity index (χ1n) is 6.21. The van der Waals surface area contributed by atoms with Crippen LogP contribution in [0.1, 0.15) is 19.3 Å². The van der Waals surface area contributed by atoms with Gasteiger partial charge in [0.25, 0.3) is 0 Å². The van der Waals surface area contributed by atoms with Gasteiger partial charge in [-0.1, -0.05) is 0 Å². The number of nitrogens with zero attached hydrogens (tertiary/aromatic N) is 1. The molecule has 0 spiro atoms. The third-order valence-electron chi connectivity index (χ3n) is 2.41. The normalized spacial score (nSPS) is 13.7. The summed E-state index contributed by atoms with van der Waals surface area (Å²) in [6.45, 7) is 0.323. The predicted molar refractivity (Wildman–Crippen MR) is 77.1 cm³/mol. The lowest BCUT2D eigenvalue weighted by molar-refractivity contribution is -0.873. The molecule has 0 aromatic rings. The van der Waals surface area contributed by atoms with Crippen molar-refractivity contribution < 1.29 is 33.8 Å². The van der Waals surface area contributed by atoms with Gasteiger partial charge in [0.15, 0.2) is 6.10 Å². The standard InChI is InChI=1S/C12H22N2O6.ClH/c1-14(2,3)7-8(6-11(17)18)20-12(19)9(13)4-5-10(15)16;/h8-9H,4-7,13H2,1-3H3,(H-,15,16,17,18);1H/p+1/t8?,9-;/m0./s1. The van der Waals surface area contributed by atoms with Crippen LogP contribution in [-0.2, 0) is 19.1 Å². The molecule has 0 bridgehead atoms. The number of carbonyl (C=O) groups is 3. The Hall–Kier alpha value is -1.38. The molecule has 9 heteroatoms. The molecule has 2 atom stereocenters. The molecule has 0 aliphatic heterocycles. The lowest BCUT2D eigenvalue weighted by Gasteiger charge is -2.28. The molecule has 0 amide bonds. The molecule has 8 nitrogen and oxygen atoms in total. The van der Waals surface area contributed by atoms with Crippen molar-refractivity contribution in [3.8, 4) is 0 Å². The molecule has 0 fully saturated rings. The van der Waals surface area contributed by atoms with Crippen LogP contribution in [0.2, 0.25) is 0 Å². The smallest absolute Gasteiger partial charge is 0.323 e. The van der Waals surface area contributed by atoms with E-state index in [0.717, 1.165) is 0 Å². The van der Waals surface area contributed by atoms with Crippen LogP contribution >= 0.6 is 12.4 Å². The number of carbonyl (C=O) groups excluding carboxylic acids is 1. The number of hydrogen-bond donors (Lipinski definition) is 3. The number of ether oxygens (including phenoxy) is 1. The van der Waals surface area contributed by atoms with Gasteiger partial charge in [-0.25, -0.2) is 0 Å². The van der Waals surface area contributed by atoms with E-state index in [0.29, 0.717) is 11.0 Å². The summed E-state index contributed by atoms with van der Waals surface area (Å²) >= 11 is 0. The highest BCUT2D eigenvalue weighted by Crippen LogP contribution is 2.08. The largest absolute Gasteiger partial charge is 0.481 e. The summed E-state index contributed by atoms with van der Waals surface area (Å²) < 4.78 is 5.50. The fourth-order valence-corrected chi connectivity index (χ4v) is 1.60. The van der Waals surface area contributed by atoms with Crippen molar-refractivity contribution in [2.75, 3.05) is 27.7 Å². The number of nitrogens with two attached hydrogens (primary N) is 1. The number of carboxylic acids is 2. The van der Waals surface area contributed by atoms with E-state index in [2.05, 4.69) is 0 Å². The second-order valence-corrected chi connectivity index (χ2v) is 5.67. The van der Waals surface area contributed by atoms with Crippen LogP contribution in [0, 0.1) is 0 Å². The Morgan fingerprint density at radius 2 is 1.67 bits per heavy atom. The SMILES string of the molecule is C[N+](C)(C)CC(CC(=O)O)OC(=O)[C@@H](N)CCC(=O)O.Cl. The van der Waals surface area contributed by atoms with Gasteiger partial charge in [-0.05, 0) is 6.42 Å². The average molecular weight is 328 g/mol. The molecule has 1 unspecified atom stereocenters. The molecule has 0 radical (unpaired) electrons. The van der Waals surface area contributed by atoms with Crippen LogP contribution in [0.5, 0.6) is 0 Å². The van der Waals surface area contributed by atoms with Crippen molar-refractivity contribution in [1.29, 1.82) is 0 Å². The van der Waals surface area contributed by atoms with Gasteiger partial charge in [0, 0.05) is 6.42 Å². The summed E-state index contributed by atoms with van der Waals surface area (Å²) in [5.41, 5.74) is 5.52. The minimum Gasteiger partial charge on any atom is -0.481 e. The second kappa shape index (κ2) is 9.54. The predicted octanol–water partition coefficient (Wildman–Crippen LogP) is -0.307. The Balaban J connectivity index is 0. The molecule has 0 aliphatic rings. The Labute approximate surface area is 129 Å². The summed E-state index contributed by atoms with van der Waals surface area (Å²) in [5.74, 6) is -2.90. The molecule has 21 heavy (non-hydrogen) atoms. The minimum absolute atomic E-state index is 0. The number of halogens is 1. The zero-order valence-electron chi connectivity index (χ0n) is 12.4. The van der Waals surface area contributed by atoms with Crippen molar-refractivity contribution in [1.82, 2.24) is 0 Å². The number of hydrogen-bond acceptors (Lipinski definition) is 5. The summed E-state index contributed by atoms with van der Waals surface area (Å²) in [6.07, 6.45) is -1.39. The number of carboxylic acid groups (broad SMARTS) is 2. The quantitative estimate of drug-likeness (QED) is 0.391. The Morgan fingerprint density at radius 3 is 2.05 bits per heavy atom. The molecular weight excluding hydrogens is 304 g/mol. The molecule has 0 saturated carbocycles. The number of aliphatic carboxylic acids is 2. The van der Waals surface area contributed by atoms with Crippen molar-refractivity contribution in [3.63, 3.8) is 0 Å². The van der Waals surface area contributed by atoms with E-state index in [4.69, 9.17) is 20.7 Å². The van der Waals surface area contributed by atoms with Crippen LogP contribution in [0.3, 0.4) is 0 Å². The summed E-state index contributed by atoms with van der Waals surface area (Å²) in [5, 5.41) is 17.3. The first-order chi connectivity index (χ1) is 9.01. The van der Waals surface area contributed by atoms with Gasteiger partial charge < -0.3 is 25.2 Å². The van der Waals surface area contributed by atoms with E-state index >= 15 is 0 Å². The van der Waals surface area contributed by atoms with Gasteiger partial charge >= 0.3 is 17.9 Å². The van der Waals surface area contributed by atoms with Gasteiger partial charge in [-0.15, -0.1) is 12.4 Å². The maximum absolute atomic E-state index is 11.7. The first kappa shape index (κ1) is 21.9. The van der Waals surface area contributed by atoms with Gasteiger partial charge in [0.2, 0.25) is 0 Å². The highest BCUT2D eigenvalue weighted by Gasteiger charge is 2.27. The van der Waals surface area contributed by atoms with Crippen LogP contribution in [0.15, 0.2) is 0 Å². The van der Waals surface area contributed by atoms with E-state index in [1.165, 1.54) is 0 Å². The number of rotatable bonds is 9. The molecule has 0 heterocycles. The zero-order chi connectivity index (χ0) is 15.9. The monoisotopic (exact) mass is 327 g/mol. The molecule has 0 aromatic carbocycles. The molecule has 0 saturated heterocycles. The molecule has 4 N–H and O–H groups in total. The number of quaternary nitrogens is 1. The van der Waals surface area contributed by atoms with Crippen LogP contribution < -0.4 is 5.73 Å². The van der Waals surface area contributed by atoms with Crippen molar-refractivity contribution in [3.05, 3.63) is 0 Å². The van der Waals surface area contributed by atoms with Crippen LogP contribution in [-0.4, -0.2) is 72.4 Å². The van der Waals surface area contributed by atoms with Crippen LogP contribution in [0.4, 0.5) is 0 Å². The second-order valence-electron chi connectivity index (χ2n) is 5.67. The number of likely N-dealkylation sites (N-methyl/N-ethyl adjacent to an activating group) is 1. The third-order valence-corrected chi connectivity index (χ3v) is 2.41. The minimum atomic E-state index is -1.07. The van der Waals surface area contributed by atoms with Crippen LogP contribution in [0.25, 0.3) is 0 Å². The van der Waals surface area contributed by atoms with Gasteiger partial charge in [-0.2, -0.15) is 0 Å². The Kier molecular flexibility index (Phi) is 9.95. The molecular formula is C12H24ClN2O6+. The van der Waals surface area contributed by atoms with Gasteiger partial charge in [0.1, 0.15) is 12.6 Å². The highest BCUT2D eigenvalue weighted by atomic mass is 35.5. The average Bonchev–Trinajstić information content (AvgIpc) is 2.21. The summed E-state index contributed by atoms with van der Waals surface area (Å²) in [4.78, 5) is 32.8. The zero-order valence-corrected chi connectivity index (χ0v) is 13.3. The van der Waals surface area contributed by atoms with Crippen molar-refractivity contribution >= 4 is 30.3 Å². The van der Waals surface area contributed by atoms with E-state index < -0.39 is 30.1 Å². The van der Waals surface area contributed by atoms with Gasteiger partial charge in [0.05, 0.1) is 27.6 Å². The lowest BCUT2D eigenvalue weighted by atomic mass is 10.1. The Morgan fingerprint density at radius 1 is 1.14 bits per heavy atom. The molecule has 0 rings (SSSR count). The lowest BCUT2D eigenvalue weighted by Crippen LogP contribution is -2.45. The molecule has 124 valence electrons. The summed E-state index contributed by atoms with van der Waals surface area (Å²) in [7, 11) is 5.52.